The van der Waals surface area contributed by atoms with Crippen LogP contribution in [-0.4, -0.2) is 0 Å². The van der Waals surface area contributed by atoms with Gasteiger partial charge in [-0.15, -0.1) is 11.3 Å². The second-order valence-electron chi connectivity index (χ2n) is 4.29. The number of halogens is 2. The number of thiophene rings is 1. The first-order valence-electron chi connectivity index (χ1n) is 5.72. The molecule has 1 heterocycles. The van der Waals surface area contributed by atoms with Crippen molar-refractivity contribution in [2.24, 2.45) is 0 Å². The molecule has 0 aliphatic rings. The molecule has 0 radical (unpaired) electrons. The zero-order valence-corrected chi connectivity index (χ0v) is 12.1. The van der Waals surface area contributed by atoms with Crippen molar-refractivity contribution in [3.05, 3.63) is 50.4 Å². The van der Waals surface area contributed by atoms with Crippen LogP contribution >= 0.6 is 22.9 Å². The summed E-state index contributed by atoms with van der Waals surface area (Å²) in [4.78, 5) is 0. The van der Waals surface area contributed by atoms with Gasteiger partial charge in [0.1, 0.15) is 5.82 Å². The summed E-state index contributed by atoms with van der Waals surface area (Å²) in [6, 6.07) is 6.73. The summed E-state index contributed by atoms with van der Waals surface area (Å²) < 4.78 is 14.4. The first-order valence-corrected chi connectivity index (χ1v) is 6.97. The molecule has 19 heavy (non-hydrogen) atoms. The minimum absolute atomic E-state index is 0.00390. The molecule has 1 unspecified atom stereocenters. The van der Waals surface area contributed by atoms with Gasteiger partial charge < -0.3 is 5.32 Å². The number of hydrogen-bond acceptors (Lipinski definition) is 3. The van der Waals surface area contributed by atoms with E-state index in [1.807, 2.05) is 24.4 Å². The lowest BCUT2D eigenvalue weighted by molar-refractivity contribution is 0.618. The number of rotatable bonds is 3. The van der Waals surface area contributed by atoms with E-state index in [4.69, 9.17) is 16.9 Å². The predicted molar refractivity (Wildman–Crippen MR) is 77.2 cm³/mol. The van der Waals surface area contributed by atoms with Gasteiger partial charge in [-0.25, -0.2) is 4.39 Å². The van der Waals surface area contributed by atoms with Gasteiger partial charge in [0.15, 0.2) is 0 Å². The standard InChI is InChI=1S/C14H12ClFN2S/c1-8-12(16)3-10(6-17)4-13(8)18-9(2)11-5-14(15)19-7-11/h3-5,7,9,18H,1-2H3. The molecule has 0 aliphatic carbocycles. The normalized spacial score (nSPS) is 11.9. The maximum Gasteiger partial charge on any atom is 0.129 e. The van der Waals surface area contributed by atoms with Crippen LogP contribution in [0.4, 0.5) is 10.1 Å². The van der Waals surface area contributed by atoms with Crippen molar-refractivity contribution in [1.82, 2.24) is 0 Å². The highest BCUT2D eigenvalue weighted by molar-refractivity contribution is 7.14. The molecule has 1 N–H and O–H groups in total. The fourth-order valence-electron chi connectivity index (χ4n) is 1.76. The summed E-state index contributed by atoms with van der Waals surface area (Å²) in [6.07, 6.45) is 0. The van der Waals surface area contributed by atoms with E-state index in [2.05, 4.69) is 5.32 Å². The lowest BCUT2D eigenvalue weighted by Crippen LogP contribution is -2.07. The van der Waals surface area contributed by atoms with E-state index in [0.29, 0.717) is 16.8 Å². The highest BCUT2D eigenvalue weighted by atomic mass is 35.5. The van der Waals surface area contributed by atoms with Crippen LogP contribution in [0.25, 0.3) is 0 Å². The van der Waals surface area contributed by atoms with E-state index in [1.165, 1.54) is 17.4 Å². The highest BCUT2D eigenvalue weighted by Gasteiger charge is 2.12. The quantitative estimate of drug-likeness (QED) is 0.874. The molecular weight excluding hydrogens is 283 g/mol. The summed E-state index contributed by atoms with van der Waals surface area (Å²) >= 11 is 7.36. The van der Waals surface area contributed by atoms with Gasteiger partial charge in [0, 0.05) is 17.3 Å². The fraction of sp³-hybridized carbons (Fsp3) is 0.214. The van der Waals surface area contributed by atoms with Gasteiger partial charge in [0.25, 0.3) is 0 Å². The Morgan fingerprint density at radius 2 is 2.16 bits per heavy atom. The first-order chi connectivity index (χ1) is 9.01. The first kappa shape index (κ1) is 13.9. The summed E-state index contributed by atoms with van der Waals surface area (Å²) in [7, 11) is 0. The summed E-state index contributed by atoms with van der Waals surface area (Å²) in [6.45, 7) is 3.65. The van der Waals surface area contributed by atoms with E-state index >= 15 is 0 Å². The van der Waals surface area contributed by atoms with Crippen molar-refractivity contribution in [1.29, 1.82) is 5.26 Å². The molecular formula is C14H12ClFN2S. The van der Waals surface area contributed by atoms with Crippen molar-refractivity contribution in [3.8, 4) is 6.07 Å². The maximum atomic E-state index is 13.7. The molecule has 1 atom stereocenters. The van der Waals surface area contributed by atoms with Crippen LogP contribution < -0.4 is 5.32 Å². The van der Waals surface area contributed by atoms with Crippen molar-refractivity contribution < 1.29 is 4.39 Å². The molecule has 0 spiro atoms. The van der Waals surface area contributed by atoms with Gasteiger partial charge in [-0.3, -0.25) is 0 Å². The van der Waals surface area contributed by atoms with Crippen molar-refractivity contribution in [3.63, 3.8) is 0 Å². The minimum atomic E-state index is -0.378. The number of nitrogens with one attached hydrogen (secondary N) is 1. The average Bonchev–Trinajstić information content (AvgIpc) is 2.81. The molecule has 0 aliphatic heterocycles. The average molecular weight is 295 g/mol. The van der Waals surface area contributed by atoms with E-state index < -0.39 is 0 Å². The molecule has 0 saturated heterocycles. The number of anilines is 1. The largest absolute Gasteiger partial charge is 0.378 e. The minimum Gasteiger partial charge on any atom is -0.378 e. The zero-order chi connectivity index (χ0) is 14.0. The second kappa shape index (κ2) is 5.60. The Bertz CT molecular complexity index is 645. The van der Waals surface area contributed by atoms with Gasteiger partial charge in [-0.05, 0) is 43.0 Å². The lowest BCUT2D eigenvalue weighted by atomic mass is 10.1. The monoisotopic (exact) mass is 294 g/mol. The van der Waals surface area contributed by atoms with E-state index in [9.17, 15) is 4.39 Å². The Balaban J connectivity index is 2.28. The third-order valence-electron chi connectivity index (χ3n) is 2.93. The molecule has 2 rings (SSSR count). The van der Waals surface area contributed by atoms with Crippen LogP contribution in [0.1, 0.15) is 29.7 Å². The second-order valence-corrected chi connectivity index (χ2v) is 5.84. The Kier molecular flexibility index (Phi) is 4.08. The van der Waals surface area contributed by atoms with Crippen LogP contribution in [0.5, 0.6) is 0 Å². The number of nitriles is 1. The number of hydrogen-bond donors (Lipinski definition) is 1. The molecule has 0 saturated carbocycles. The Labute approximate surface area is 120 Å². The molecule has 2 nitrogen and oxygen atoms in total. The molecule has 2 aromatic rings. The molecule has 98 valence electrons. The number of nitrogens with zero attached hydrogens (tertiary/aromatic N) is 1. The Morgan fingerprint density at radius 3 is 2.74 bits per heavy atom. The third-order valence-corrected chi connectivity index (χ3v) is 4.04. The smallest absolute Gasteiger partial charge is 0.129 e. The molecule has 0 fully saturated rings. The predicted octanol–water partition coefficient (Wildman–Crippen LogP) is 4.89. The number of benzene rings is 1. The van der Waals surface area contributed by atoms with Gasteiger partial charge in [0.05, 0.1) is 16.0 Å². The summed E-state index contributed by atoms with van der Waals surface area (Å²) in [5.74, 6) is -0.378. The van der Waals surface area contributed by atoms with Gasteiger partial charge in [0.2, 0.25) is 0 Å². The van der Waals surface area contributed by atoms with Crippen LogP contribution in [0.15, 0.2) is 23.6 Å². The molecule has 0 amide bonds. The lowest BCUT2D eigenvalue weighted by Gasteiger charge is -2.16. The third kappa shape index (κ3) is 3.06. The molecule has 1 aromatic heterocycles. The molecule has 1 aromatic carbocycles. The SMILES string of the molecule is Cc1c(F)cc(C#N)cc1NC(C)c1csc(Cl)c1. The van der Waals surface area contributed by atoms with Crippen molar-refractivity contribution >= 4 is 28.6 Å². The van der Waals surface area contributed by atoms with E-state index in [0.717, 1.165) is 9.90 Å². The molecule has 5 heteroatoms. The van der Waals surface area contributed by atoms with Crippen molar-refractivity contribution in [2.75, 3.05) is 5.32 Å². The van der Waals surface area contributed by atoms with E-state index in [-0.39, 0.29) is 11.9 Å². The highest BCUT2D eigenvalue weighted by Crippen LogP contribution is 2.29. The fourth-order valence-corrected chi connectivity index (χ4v) is 2.74. The van der Waals surface area contributed by atoms with Crippen LogP contribution in [0, 0.1) is 24.1 Å². The van der Waals surface area contributed by atoms with Gasteiger partial charge in [-0.1, -0.05) is 11.6 Å². The van der Waals surface area contributed by atoms with Gasteiger partial charge >= 0.3 is 0 Å². The molecule has 0 bridgehead atoms. The summed E-state index contributed by atoms with van der Waals surface area (Å²) in [5.41, 5.74) is 2.48. The van der Waals surface area contributed by atoms with Crippen LogP contribution in [0.2, 0.25) is 4.34 Å². The van der Waals surface area contributed by atoms with E-state index in [1.54, 1.807) is 13.0 Å². The van der Waals surface area contributed by atoms with Gasteiger partial charge in [-0.2, -0.15) is 5.26 Å². The Morgan fingerprint density at radius 1 is 1.42 bits per heavy atom. The zero-order valence-electron chi connectivity index (χ0n) is 10.5. The van der Waals surface area contributed by atoms with Crippen molar-refractivity contribution in [2.45, 2.75) is 19.9 Å². The van der Waals surface area contributed by atoms with Crippen LogP contribution in [0.3, 0.4) is 0 Å². The topological polar surface area (TPSA) is 35.8 Å². The van der Waals surface area contributed by atoms with Crippen LogP contribution in [-0.2, 0) is 0 Å². The Hall–Kier alpha value is -1.57. The maximum absolute atomic E-state index is 13.7. The summed E-state index contributed by atoms with van der Waals surface area (Å²) in [5, 5.41) is 14.0.